The average molecular weight is 264 g/mol. The van der Waals surface area contributed by atoms with Crippen LogP contribution in [0.2, 0.25) is 0 Å². The molecule has 20 heavy (non-hydrogen) atoms. The fourth-order valence-corrected chi connectivity index (χ4v) is 2.23. The summed E-state index contributed by atoms with van der Waals surface area (Å²) in [4.78, 5) is 15.9. The maximum atomic E-state index is 4.59. The molecule has 0 radical (unpaired) electrons. The van der Waals surface area contributed by atoms with Gasteiger partial charge in [-0.3, -0.25) is 4.57 Å². The van der Waals surface area contributed by atoms with Crippen LogP contribution in [0.3, 0.4) is 0 Å². The number of aromatic amines is 1. The number of H-pyrrole nitrogens is 1. The Bertz CT molecular complexity index is 826. The first kappa shape index (κ1) is 11.0. The predicted octanol–water partition coefficient (Wildman–Crippen LogP) is 1.99. The van der Waals surface area contributed by atoms with E-state index in [1.54, 1.807) is 18.7 Å². The van der Waals surface area contributed by atoms with Gasteiger partial charge >= 0.3 is 0 Å². The number of hydrogen-bond donors (Lipinski definition) is 1. The molecule has 0 fully saturated rings. The van der Waals surface area contributed by atoms with E-state index < -0.39 is 0 Å². The van der Waals surface area contributed by atoms with Crippen molar-refractivity contribution < 1.29 is 0 Å². The molecule has 6 heteroatoms. The lowest BCUT2D eigenvalue weighted by Crippen LogP contribution is -1.95. The minimum absolute atomic E-state index is 0.775. The zero-order valence-electron chi connectivity index (χ0n) is 10.6. The summed E-state index contributed by atoms with van der Waals surface area (Å²) in [6, 6.07) is 6.24. The fraction of sp³-hybridized carbons (Fsp3) is 0.0714. The molecule has 1 N–H and O–H groups in total. The number of nitrogens with zero attached hydrogens (tertiary/aromatic N) is 5. The van der Waals surface area contributed by atoms with Crippen LogP contribution in [0.5, 0.6) is 0 Å². The molecule has 0 spiro atoms. The number of rotatable bonds is 3. The van der Waals surface area contributed by atoms with E-state index in [0.29, 0.717) is 0 Å². The highest BCUT2D eigenvalue weighted by Crippen LogP contribution is 2.16. The van der Waals surface area contributed by atoms with Crippen LogP contribution in [0.15, 0.2) is 55.6 Å². The van der Waals surface area contributed by atoms with Gasteiger partial charge in [0, 0.05) is 31.3 Å². The molecule has 0 saturated carbocycles. The monoisotopic (exact) mass is 264 g/mol. The van der Waals surface area contributed by atoms with E-state index in [4.69, 9.17) is 0 Å². The summed E-state index contributed by atoms with van der Waals surface area (Å²) in [5, 5.41) is 0. The topological polar surface area (TPSA) is 64.3 Å². The van der Waals surface area contributed by atoms with Crippen LogP contribution in [-0.2, 0) is 6.54 Å². The van der Waals surface area contributed by atoms with Crippen LogP contribution in [0, 0.1) is 0 Å². The van der Waals surface area contributed by atoms with Crippen LogP contribution in [0.4, 0.5) is 0 Å². The third-order valence-corrected chi connectivity index (χ3v) is 3.21. The van der Waals surface area contributed by atoms with Gasteiger partial charge in [0.15, 0.2) is 0 Å². The van der Waals surface area contributed by atoms with Crippen molar-refractivity contribution in [2.45, 2.75) is 6.54 Å². The second-order valence-corrected chi connectivity index (χ2v) is 4.62. The summed E-state index contributed by atoms with van der Waals surface area (Å²) in [5.41, 5.74) is 3.16. The third-order valence-electron chi connectivity index (χ3n) is 3.21. The van der Waals surface area contributed by atoms with E-state index in [0.717, 1.165) is 23.5 Å². The van der Waals surface area contributed by atoms with Gasteiger partial charge in [0.05, 0.1) is 17.4 Å². The molecule has 4 aromatic rings. The van der Waals surface area contributed by atoms with Crippen molar-refractivity contribution in [1.29, 1.82) is 0 Å². The molecule has 0 atom stereocenters. The summed E-state index contributed by atoms with van der Waals surface area (Å²) in [7, 11) is 0. The zero-order chi connectivity index (χ0) is 13.4. The fourth-order valence-electron chi connectivity index (χ4n) is 2.23. The lowest BCUT2D eigenvalue weighted by Gasteiger charge is -2.01. The van der Waals surface area contributed by atoms with E-state index in [1.165, 1.54) is 5.56 Å². The first-order chi connectivity index (χ1) is 9.88. The van der Waals surface area contributed by atoms with Gasteiger partial charge in [0.25, 0.3) is 0 Å². The maximum Gasteiger partial charge on any atom is 0.213 e. The molecule has 4 rings (SSSR count). The van der Waals surface area contributed by atoms with Crippen LogP contribution in [0.25, 0.3) is 17.0 Å². The van der Waals surface area contributed by atoms with E-state index >= 15 is 0 Å². The van der Waals surface area contributed by atoms with Crippen molar-refractivity contribution in [1.82, 2.24) is 29.1 Å². The molecule has 3 heterocycles. The molecule has 0 bridgehead atoms. The number of hydrogen-bond acceptors (Lipinski definition) is 3. The van der Waals surface area contributed by atoms with Gasteiger partial charge in [0.1, 0.15) is 6.33 Å². The van der Waals surface area contributed by atoms with Crippen LogP contribution in [-0.4, -0.2) is 29.1 Å². The summed E-state index contributed by atoms with van der Waals surface area (Å²) >= 11 is 0. The Balaban J connectivity index is 1.72. The Morgan fingerprint density at radius 1 is 1.05 bits per heavy atom. The number of aromatic nitrogens is 6. The van der Waals surface area contributed by atoms with E-state index in [2.05, 4.69) is 38.1 Å². The molecule has 0 unspecified atom stereocenters. The molecule has 98 valence electrons. The highest BCUT2D eigenvalue weighted by atomic mass is 15.2. The largest absolute Gasteiger partial charge is 0.333 e. The quantitative estimate of drug-likeness (QED) is 0.615. The molecule has 0 aliphatic heterocycles. The predicted molar refractivity (Wildman–Crippen MR) is 74.5 cm³/mol. The minimum Gasteiger partial charge on any atom is -0.333 e. The van der Waals surface area contributed by atoms with Crippen molar-refractivity contribution in [2.24, 2.45) is 0 Å². The third kappa shape index (κ3) is 1.87. The van der Waals surface area contributed by atoms with Crippen LogP contribution >= 0.6 is 0 Å². The summed E-state index contributed by atoms with van der Waals surface area (Å²) < 4.78 is 3.89. The first-order valence-corrected chi connectivity index (χ1v) is 6.31. The van der Waals surface area contributed by atoms with Crippen molar-refractivity contribution in [3.05, 3.63) is 61.2 Å². The highest BCUT2D eigenvalue weighted by molar-refractivity contribution is 5.77. The van der Waals surface area contributed by atoms with Gasteiger partial charge in [-0.1, -0.05) is 6.07 Å². The Hall–Kier alpha value is -2.89. The molecule has 0 amide bonds. The van der Waals surface area contributed by atoms with Gasteiger partial charge in [-0.15, -0.1) is 0 Å². The van der Waals surface area contributed by atoms with Crippen LogP contribution in [0.1, 0.15) is 5.56 Å². The number of imidazole rings is 3. The SMILES string of the molecule is c1cn(Cc2ccc3[nH]c(-n4ccnc4)nc3c2)cn1. The standard InChI is InChI=1S/C14H12N6/c1-2-12-13(7-11(1)8-19-5-3-15-9-19)18-14(17-12)20-6-4-16-10-20/h1-7,9-10H,8H2,(H,17,18). The van der Waals surface area contributed by atoms with Gasteiger partial charge in [-0.2, -0.15) is 0 Å². The Labute approximate surface area is 114 Å². The van der Waals surface area contributed by atoms with Crippen molar-refractivity contribution in [2.75, 3.05) is 0 Å². The van der Waals surface area contributed by atoms with Gasteiger partial charge in [-0.05, 0) is 17.7 Å². The summed E-state index contributed by atoms with van der Waals surface area (Å²) in [6.45, 7) is 0.795. The van der Waals surface area contributed by atoms with Crippen LogP contribution < -0.4 is 0 Å². The van der Waals surface area contributed by atoms with Gasteiger partial charge in [-0.25, -0.2) is 15.0 Å². The number of benzene rings is 1. The lowest BCUT2D eigenvalue weighted by molar-refractivity contribution is 0.798. The molecule has 6 nitrogen and oxygen atoms in total. The van der Waals surface area contributed by atoms with E-state index in [1.807, 2.05) is 27.9 Å². The first-order valence-electron chi connectivity index (χ1n) is 6.31. The normalized spacial score (nSPS) is 11.2. The average Bonchev–Trinajstić information content (AvgIpc) is 3.19. The van der Waals surface area contributed by atoms with Crippen molar-refractivity contribution in [3.8, 4) is 5.95 Å². The molecule has 1 aromatic carbocycles. The minimum atomic E-state index is 0.775. The highest BCUT2D eigenvalue weighted by Gasteiger charge is 2.05. The lowest BCUT2D eigenvalue weighted by atomic mass is 10.2. The zero-order valence-corrected chi connectivity index (χ0v) is 10.6. The Morgan fingerprint density at radius 3 is 2.75 bits per heavy atom. The molecule has 0 aliphatic rings. The van der Waals surface area contributed by atoms with Crippen molar-refractivity contribution >= 4 is 11.0 Å². The Kier molecular flexibility index (Phi) is 2.38. The molecular weight excluding hydrogens is 252 g/mol. The molecular formula is C14H12N6. The number of nitrogens with one attached hydrogen (secondary N) is 1. The molecule has 3 aromatic heterocycles. The molecule has 0 saturated heterocycles. The smallest absolute Gasteiger partial charge is 0.213 e. The van der Waals surface area contributed by atoms with E-state index in [9.17, 15) is 0 Å². The second kappa shape index (κ2) is 4.34. The van der Waals surface area contributed by atoms with Gasteiger partial charge < -0.3 is 9.55 Å². The van der Waals surface area contributed by atoms with Crippen molar-refractivity contribution in [3.63, 3.8) is 0 Å². The maximum absolute atomic E-state index is 4.59. The Morgan fingerprint density at radius 2 is 1.95 bits per heavy atom. The second-order valence-electron chi connectivity index (χ2n) is 4.62. The summed E-state index contributed by atoms with van der Waals surface area (Å²) in [5.74, 6) is 0.775. The van der Waals surface area contributed by atoms with Gasteiger partial charge in [0.2, 0.25) is 5.95 Å². The summed E-state index contributed by atoms with van der Waals surface area (Å²) in [6.07, 6.45) is 10.9. The number of fused-ring (bicyclic) bond motifs is 1. The molecule has 0 aliphatic carbocycles. The van der Waals surface area contributed by atoms with E-state index in [-0.39, 0.29) is 0 Å².